The van der Waals surface area contributed by atoms with Gasteiger partial charge in [0.2, 0.25) is 5.66 Å². The van der Waals surface area contributed by atoms with E-state index in [2.05, 4.69) is 12.1 Å². The Balaban J connectivity index is 2.90. The average Bonchev–Trinajstić information content (AvgIpc) is 2.67. The lowest BCUT2D eigenvalue weighted by molar-refractivity contribution is 0.0172. The van der Waals surface area contributed by atoms with Crippen molar-refractivity contribution in [3.8, 4) is 12.1 Å². The fraction of sp³-hybridized carbons (Fsp3) is 0.474. The largest absolute Gasteiger partial charge is 0.450 e. The zero-order valence-corrected chi connectivity index (χ0v) is 15.9. The molecular formula is C19H22N4O4. The van der Waals surface area contributed by atoms with Crippen molar-refractivity contribution in [2.45, 2.75) is 45.3 Å². The van der Waals surface area contributed by atoms with Crippen molar-refractivity contribution in [1.29, 1.82) is 10.5 Å². The lowest BCUT2D eigenvalue weighted by Crippen LogP contribution is -2.71. The third kappa shape index (κ3) is 2.83. The summed E-state index contributed by atoms with van der Waals surface area (Å²) in [6, 6.07) is 10.9. The Hall–Kier alpha value is -3.26. The smallest absolute Gasteiger partial charge is 0.417 e. The zero-order valence-electron chi connectivity index (χ0n) is 15.9. The standard InChI is InChI=1S/C19H22N4O4/c1-5-19(13-21)22(16(24)26-6-2)15-11-9-8-10-14(15)18(4,12-20)23(19)17(25)27-7-3/h8-11H,5-7H2,1-4H3. The normalized spacial score (nSPS) is 23.6. The highest BCUT2D eigenvalue weighted by molar-refractivity contribution is 5.94. The van der Waals surface area contributed by atoms with Gasteiger partial charge in [-0.2, -0.15) is 10.5 Å². The molecule has 1 aromatic carbocycles. The van der Waals surface area contributed by atoms with Crippen LogP contribution in [0.1, 0.15) is 39.7 Å². The summed E-state index contributed by atoms with van der Waals surface area (Å²) < 4.78 is 10.3. The minimum atomic E-state index is -1.78. The molecule has 8 heteroatoms. The Labute approximate surface area is 158 Å². The molecule has 8 nitrogen and oxygen atoms in total. The summed E-state index contributed by atoms with van der Waals surface area (Å²) in [7, 11) is 0. The van der Waals surface area contributed by atoms with E-state index < -0.39 is 23.4 Å². The molecule has 2 atom stereocenters. The quantitative estimate of drug-likeness (QED) is 0.806. The van der Waals surface area contributed by atoms with Crippen LogP contribution in [0.3, 0.4) is 0 Å². The van der Waals surface area contributed by atoms with E-state index in [0.29, 0.717) is 11.3 Å². The van der Waals surface area contributed by atoms with Crippen LogP contribution in [-0.4, -0.2) is 36.0 Å². The van der Waals surface area contributed by atoms with Gasteiger partial charge in [-0.25, -0.2) is 19.4 Å². The molecule has 0 spiro atoms. The van der Waals surface area contributed by atoms with Gasteiger partial charge in [-0.1, -0.05) is 25.1 Å². The van der Waals surface area contributed by atoms with E-state index in [9.17, 15) is 20.1 Å². The zero-order chi connectivity index (χ0) is 20.2. The van der Waals surface area contributed by atoms with E-state index >= 15 is 0 Å². The number of ether oxygens (including phenoxy) is 2. The summed E-state index contributed by atoms with van der Waals surface area (Å²) >= 11 is 0. The lowest BCUT2D eigenvalue weighted by Gasteiger charge is -2.54. The molecule has 27 heavy (non-hydrogen) atoms. The van der Waals surface area contributed by atoms with Crippen LogP contribution >= 0.6 is 0 Å². The van der Waals surface area contributed by atoms with Gasteiger partial charge in [0.25, 0.3) is 0 Å². The molecule has 1 aliphatic heterocycles. The number of anilines is 1. The van der Waals surface area contributed by atoms with Crippen LogP contribution in [0.2, 0.25) is 0 Å². The number of fused-ring (bicyclic) bond motifs is 1. The van der Waals surface area contributed by atoms with Crippen LogP contribution in [0, 0.1) is 22.7 Å². The summed E-state index contributed by atoms with van der Waals surface area (Å²) in [5.74, 6) is 0. The fourth-order valence-corrected chi connectivity index (χ4v) is 3.43. The van der Waals surface area contributed by atoms with E-state index in [1.807, 2.05) is 0 Å². The number of rotatable bonds is 3. The topological polar surface area (TPSA) is 107 Å². The number of carbonyl (C=O) groups is 2. The maximum atomic E-state index is 12.9. The first kappa shape index (κ1) is 20.1. The molecule has 0 aromatic heterocycles. The van der Waals surface area contributed by atoms with Gasteiger partial charge in [-0.15, -0.1) is 0 Å². The van der Waals surface area contributed by atoms with Crippen molar-refractivity contribution in [3.05, 3.63) is 29.8 Å². The second-order valence-corrected chi connectivity index (χ2v) is 6.05. The summed E-state index contributed by atoms with van der Waals surface area (Å²) in [5, 5.41) is 20.1. The van der Waals surface area contributed by atoms with Crippen molar-refractivity contribution in [3.63, 3.8) is 0 Å². The maximum absolute atomic E-state index is 12.9. The monoisotopic (exact) mass is 370 g/mol. The Morgan fingerprint density at radius 3 is 2.15 bits per heavy atom. The predicted molar refractivity (Wildman–Crippen MR) is 96.4 cm³/mol. The molecule has 0 radical (unpaired) electrons. The van der Waals surface area contributed by atoms with Gasteiger partial charge >= 0.3 is 12.2 Å². The van der Waals surface area contributed by atoms with Crippen LogP contribution in [0.4, 0.5) is 15.3 Å². The molecule has 1 heterocycles. The molecule has 0 N–H and O–H groups in total. The lowest BCUT2D eigenvalue weighted by atomic mass is 9.82. The highest BCUT2D eigenvalue weighted by atomic mass is 16.6. The van der Waals surface area contributed by atoms with Crippen LogP contribution in [0.15, 0.2) is 24.3 Å². The summed E-state index contributed by atoms with van der Waals surface area (Å²) in [6.45, 7) is 6.63. The fourth-order valence-electron chi connectivity index (χ4n) is 3.43. The van der Waals surface area contributed by atoms with E-state index in [1.165, 1.54) is 6.92 Å². The predicted octanol–water partition coefficient (Wildman–Crippen LogP) is 3.49. The van der Waals surface area contributed by atoms with Crippen LogP contribution in [0.5, 0.6) is 0 Å². The first-order valence-electron chi connectivity index (χ1n) is 8.73. The number of carbonyl (C=O) groups excluding carboxylic acids is 2. The van der Waals surface area contributed by atoms with Gasteiger partial charge in [-0.3, -0.25) is 0 Å². The van der Waals surface area contributed by atoms with Gasteiger partial charge in [-0.05, 0) is 26.8 Å². The number of para-hydroxylation sites is 1. The Morgan fingerprint density at radius 1 is 1.04 bits per heavy atom. The Kier molecular flexibility index (Phi) is 5.61. The first-order valence-corrected chi connectivity index (χ1v) is 8.73. The van der Waals surface area contributed by atoms with E-state index in [-0.39, 0.29) is 19.6 Å². The van der Waals surface area contributed by atoms with Gasteiger partial charge in [0.05, 0.1) is 25.0 Å². The number of hydrogen-bond acceptors (Lipinski definition) is 6. The molecule has 0 aliphatic carbocycles. The number of amides is 2. The molecule has 0 saturated heterocycles. The van der Waals surface area contributed by atoms with Crippen LogP contribution in [0.25, 0.3) is 0 Å². The third-order valence-electron chi connectivity index (χ3n) is 4.65. The molecule has 0 bridgehead atoms. The Morgan fingerprint density at radius 2 is 1.63 bits per heavy atom. The van der Waals surface area contributed by atoms with Crippen LogP contribution in [-0.2, 0) is 15.0 Å². The minimum Gasteiger partial charge on any atom is -0.450 e. The van der Waals surface area contributed by atoms with E-state index in [1.54, 1.807) is 45.0 Å². The molecule has 0 fully saturated rings. The second kappa shape index (κ2) is 7.55. The van der Waals surface area contributed by atoms with Crippen LogP contribution < -0.4 is 4.90 Å². The van der Waals surface area contributed by atoms with Crippen molar-refractivity contribution in [2.75, 3.05) is 18.1 Å². The Bertz CT molecular complexity index is 828. The van der Waals surface area contributed by atoms with Crippen molar-refractivity contribution in [1.82, 2.24) is 4.90 Å². The number of nitrogens with zero attached hydrogens (tertiary/aromatic N) is 4. The highest BCUT2D eigenvalue weighted by Gasteiger charge is 2.61. The molecule has 142 valence electrons. The number of nitriles is 2. The molecule has 2 unspecified atom stereocenters. The minimum absolute atomic E-state index is 0.0483. The van der Waals surface area contributed by atoms with Gasteiger partial charge in [0, 0.05) is 12.0 Å². The molecule has 1 aromatic rings. The number of benzene rings is 1. The SMILES string of the molecule is CCOC(=O)N1c2ccccc2C(C)(C#N)N(C(=O)OCC)C1(C#N)CC. The highest BCUT2D eigenvalue weighted by Crippen LogP contribution is 2.48. The van der Waals surface area contributed by atoms with Crippen molar-refractivity contribution >= 4 is 17.9 Å². The first-order chi connectivity index (χ1) is 12.9. The number of hydrogen-bond donors (Lipinski definition) is 0. The van der Waals surface area contributed by atoms with Crippen molar-refractivity contribution in [2.24, 2.45) is 0 Å². The average molecular weight is 370 g/mol. The van der Waals surface area contributed by atoms with E-state index in [4.69, 9.17) is 9.47 Å². The summed E-state index contributed by atoms with van der Waals surface area (Å²) in [5.41, 5.74) is -2.54. The molecular weight excluding hydrogens is 348 g/mol. The summed E-state index contributed by atoms with van der Waals surface area (Å²) in [4.78, 5) is 27.9. The van der Waals surface area contributed by atoms with Gasteiger partial charge in [0.1, 0.15) is 6.07 Å². The maximum Gasteiger partial charge on any atom is 0.417 e. The van der Waals surface area contributed by atoms with Gasteiger partial charge < -0.3 is 9.47 Å². The van der Waals surface area contributed by atoms with Crippen molar-refractivity contribution < 1.29 is 19.1 Å². The molecule has 2 amide bonds. The molecule has 1 aliphatic rings. The molecule has 2 rings (SSSR count). The third-order valence-corrected chi connectivity index (χ3v) is 4.65. The van der Waals surface area contributed by atoms with Gasteiger partial charge in [0.15, 0.2) is 5.54 Å². The summed E-state index contributed by atoms with van der Waals surface area (Å²) in [6.07, 6.45) is -1.58. The second-order valence-electron chi connectivity index (χ2n) is 6.05. The van der Waals surface area contributed by atoms with E-state index in [0.717, 1.165) is 9.80 Å². The molecule has 0 saturated carbocycles.